The first kappa shape index (κ1) is 29.0. The maximum atomic E-state index is 15.3. The van der Waals surface area contributed by atoms with Gasteiger partial charge in [-0.05, 0) is 116 Å². The minimum absolute atomic E-state index is 0.148. The zero-order valence-corrected chi connectivity index (χ0v) is 23.9. The average Bonchev–Trinajstić information content (AvgIpc) is 3.01. The molecule has 3 aromatic carbocycles. The summed E-state index contributed by atoms with van der Waals surface area (Å²) in [4.78, 5) is 0. The minimum atomic E-state index is -1.02. The fourth-order valence-electron chi connectivity index (χ4n) is 6.38. The third-order valence-corrected chi connectivity index (χ3v) is 8.91. The van der Waals surface area contributed by atoms with E-state index in [0.29, 0.717) is 23.0 Å². The van der Waals surface area contributed by atoms with E-state index < -0.39 is 11.6 Å². The van der Waals surface area contributed by atoms with Crippen LogP contribution < -0.4 is 4.74 Å². The molecular formula is C37H39F3O. The summed E-state index contributed by atoms with van der Waals surface area (Å²) < 4.78 is 50.0. The molecule has 0 N–H and O–H groups in total. The van der Waals surface area contributed by atoms with Crippen LogP contribution in [0.5, 0.6) is 5.75 Å². The highest BCUT2D eigenvalue weighted by Crippen LogP contribution is 2.42. The van der Waals surface area contributed by atoms with E-state index in [1.165, 1.54) is 44.1 Å². The lowest BCUT2D eigenvalue weighted by atomic mass is 9.71. The van der Waals surface area contributed by atoms with Crippen LogP contribution in [-0.4, -0.2) is 0 Å². The summed E-state index contributed by atoms with van der Waals surface area (Å²) in [7, 11) is 0. The third-order valence-electron chi connectivity index (χ3n) is 8.91. The number of halogens is 3. The number of hydrogen-bond acceptors (Lipinski definition) is 1. The van der Waals surface area contributed by atoms with Crippen molar-refractivity contribution in [3.8, 4) is 28.0 Å². The number of rotatable bonds is 9. The quantitative estimate of drug-likeness (QED) is 0.188. The van der Waals surface area contributed by atoms with Crippen molar-refractivity contribution in [3.05, 3.63) is 109 Å². The topological polar surface area (TPSA) is 9.23 Å². The van der Waals surface area contributed by atoms with E-state index >= 15 is 4.39 Å². The molecule has 1 unspecified atom stereocenters. The Balaban J connectivity index is 1.25. The first-order chi connectivity index (χ1) is 20.0. The van der Waals surface area contributed by atoms with Crippen LogP contribution >= 0.6 is 0 Å². The molecular weight excluding hydrogens is 517 g/mol. The van der Waals surface area contributed by atoms with Crippen LogP contribution in [0.3, 0.4) is 0 Å². The Morgan fingerprint density at radius 1 is 0.805 bits per heavy atom. The van der Waals surface area contributed by atoms with Gasteiger partial charge in [0.05, 0.1) is 6.26 Å². The van der Waals surface area contributed by atoms with Crippen LogP contribution in [0.2, 0.25) is 0 Å². The van der Waals surface area contributed by atoms with E-state index in [1.54, 1.807) is 24.3 Å². The fraction of sp³-hybridized carbons (Fsp3) is 0.351. The molecule has 0 bridgehead atoms. The summed E-state index contributed by atoms with van der Waals surface area (Å²) in [6.45, 7) is 5.98. The van der Waals surface area contributed by atoms with Gasteiger partial charge < -0.3 is 4.74 Å². The zero-order valence-electron chi connectivity index (χ0n) is 23.9. The van der Waals surface area contributed by atoms with Crippen molar-refractivity contribution in [2.45, 2.75) is 64.7 Å². The van der Waals surface area contributed by atoms with E-state index in [1.807, 2.05) is 31.2 Å². The second-order valence-corrected chi connectivity index (χ2v) is 11.5. The van der Waals surface area contributed by atoms with Gasteiger partial charge in [-0.1, -0.05) is 61.9 Å². The van der Waals surface area contributed by atoms with Crippen LogP contribution in [0.1, 0.15) is 70.3 Å². The molecule has 3 aromatic rings. The monoisotopic (exact) mass is 556 g/mol. The molecule has 1 nitrogen and oxygen atoms in total. The highest BCUT2D eigenvalue weighted by atomic mass is 19.2. The number of allylic oxidation sites excluding steroid dienone is 4. The molecule has 4 heteroatoms. The van der Waals surface area contributed by atoms with Gasteiger partial charge in [0, 0.05) is 11.1 Å². The fourth-order valence-corrected chi connectivity index (χ4v) is 6.38. The molecule has 5 rings (SSSR count). The first-order valence-corrected chi connectivity index (χ1v) is 15.0. The molecule has 0 saturated heterocycles. The van der Waals surface area contributed by atoms with Crippen molar-refractivity contribution >= 4 is 5.57 Å². The van der Waals surface area contributed by atoms with Crippen LogP contribution in [0.15, 0.2) is 85.7 Å². The largest absolute Gasteiger partial charge is 0.462 e. The molecule has 41 heavy (non-hydrogen) atoms. The number of unbranched alkanes of at least 4 members (excludes halogenated alkanes) is 1. The zero-order chi connectivity index (χ0) is 28.8. The summed E-state index contributed by atoms with van der Waals surface area (Å²) >= 11 is 0. The minimum Gasteiger partial charge on any atom is -0.462 e. The highest BCUT2D eigenvalue weighted by molar-refractivity contribution is 5.74. The van der Waals surface area contributed by atoms with E-state index in [-0.39, 0.29) is 17.1 Å². The Bertz CT molecular complexity index is 1410. The molecule has 0 aliphatic heterocycles. The lowest BCUT2D eigenvalue weighted by Gasteiger charge is -2.34. The van der Waals surface area contributed by atoms with Gasteiger partial charge >= 0.3 is 0 Å². The van der Waals surface area contributed by atoms with Gasteiger partial charge in [0.1, 0.15) is 5.82 Å². The molecule has 0 aromatic heterocycles. The molecule has 2 aliphatic rings. The van der Waals surface area contributed by atoms with Crippen molar-refractivity contribution in [1.82, 2.24) is 0 Å². The van der Waals surface area contributed by atoms with Crippen molar-refractivity contribution in [2.75, 3.05) is 0 Å². The summed E-state index contributed by atoms with van der Waals surface area (Å²) in [6, 6.07) is 15.4. The Labute approximate surface area is 242 Å². The Kier molecular flexibility index (Phi) is 9.49. The van der Waals surface area contributed by atoms with E-state index in [9.17, 15) is 8.78 Å². The average molecular weight is 557 g/mol. The number of benzene rings is 3. The van der Waals surface area contributed by atoms with E-state index in [2.05, 4.69) is 18.7 Å². The van der Waals surface area contributed by atoms with Crippen molar-refractivity contribution in [3.63, 3.8) is 0 Å². The standard InChI is InChI=1S/C37H39F3O/c1-3-5-6-23-41-35-22-21-33(36(39)37(35)40)30-17-13-28(14-18-30)31-19-20-32(34(38)24-31)29-15-11-27(12-16-29)26-9-7-25(4-2)8-10-26/h4,6,13-15,17-27H,2-3,5,7-12,16H2,1H3/b23-6-. The van der Waals surface area contributed by atoms with Gasteiger partial charge in [0.15, 0.2) is 11.6 Å². The summed E-state index contributed by atoms with van der Waals surface area (Å²) in [5, 5.41) is 0. The van der Waals surface area contributed by atoms with Crippen LogP contribution in [0.25, 0.3) is 27.8 Å². The smallest absolute Gasteiger partial charge is 0.201 e. The first-order valence-electron chi connectivity index (χ1n) is 15.0. The van der Waals surface area contributed by atoms with E-state index in [4.69, 9.17) is 4.74 Å². The lowest BCUT2D eigenvalue weighted by Crippen LogP contribution is -2.22. The van der Waals surface area contributed by atoms with Gasteiger partial charge in [0.2, 0.25) is 5.82 Å². The lowest BCUT2D eigenvalue weighted by molar-refractivity contribution is 0.212. The van der Waals surface area contributed by atoms with Crippen molar-refractivity contribution in [1.29, 1.82) is 0 Å². The second kappa shape index (κ2) is 13.4. The molecule has 2 aliphatic carbocycles. The normalized spacial score (nSPS) is 21.1. The van der Waals surface area contributed by atoms with E-state index in [0.717, 1.165) is 54.7 Å². The maximum absolute atomic E-state index is 15.3. The maximum Gasteiger partial charge on any atom is 0.201 e. The SMILES string of the molecule is C=CC1CCC(C2CC=C(c3ccc(-c4ccc(-c5ccc(O/C=C\CCC)c(F)c5F)cc4)cc3F)CC2)CC1. The molecule has 0 heterocycles. The highest BCUT2D eigenvalue weighted by Gasteiger charge is 2.28. The molecule has 1 saturated carbocycles. The van der Waals surface area contributed by atoms with Crippen LogP contribution in [0, 0.1) is 35.2 Å². The summed E-state index contributed by atoms with van der Waals surface area (Å²) in [5.74, 6) is -0.184. The Morgan fingerprint density at radius 3 is 2.17 bits per heavy atom. The molecule has 1 fully saturated rings. The van der Waals surface area contributed by atoms with Crippen LogP contribution in [-0.2, 0) is 0 Å². The van der Waals surface area contributed by atoms with Gasteiger partial charge in [-0.25, -0.2) is 8.78 Å². The van der Waals surface area contributed by atoms with Crippen LogP contribution in [0.4, 0.5) is 13.2 Å². The molecule has 0 amide bonds. The summed E-state index contributed by atoms with van der Waals surface area (Å²) in [6.07, 6.45) is 17.4. The Morgan fingerprint density at radius 2 is 1.51 bits per heavy atom. The third kappa shape index (κ3) is 6.69. The van der Waals surface area contributed by atoms with Gasteiger partial charge in [-0.15, -0.1) is 6.58 Å². The van der Waals surface area contributed by atoms with Crippen molar-refractivity contribution < 1.29 is 17.9 Å². The molecule has 0 radical (unpaired) electrons. The van der Waals surface area contributed by atoms with Gasteiger partial charge in [-0.3, -0.25) is 0 Å². The molecule has 0 spiro atoms. The van der Waals surface area contributed by atoms with Gasteiger partial charge in [-0.2, -0.15) is 4.39 Å². The van der Waals surface area contributed by atoms with Gasteiger partial charge in [0.25, 0.3) is 0 Å². The predicted octanol–water partition coefficient (Wildman–Crippen LogP) is 11.3. The predicted molar refractivity (Wildman–Crippen MR) is 163 cm³/mol. The second-order valence-electron chi connectivity index (χ2n) is 11.5. The van der Waals surface area contributed by atoms with Crippen molar-refractivity contribution in [2.24, 2.45) is 17.8 Å². The molecule has 1 atom stereocenters. The number of ether oxygens (including phenoxy) is 1. The Hall–Kier alpha value is -3.53. The number of hydrogen-bond donors (Lipinski definition) is 0. The molecule has 214 valence electrons. The summed E-state index contributed by atoms with van der Waals surface area (Å²) in [5.41, 5.74) is 4.04.